The van der Waals surface area contributed by atoms with E-state index in [2.05, 4.69) is 20.6 Å². The standard InChI is InChI=1S/C23H20N6O2/c24-19-5-1-2-6-21(19)27-22(30)17-9-7-16(8-10-17)14-26-23-25-12-11-20(28-23)18-4-3-13-29(31)15-18/h1-13,15H,14,24H2,(H,27,30)(H,25,26,28). The van der Waals surface area contributed by atoms with Crippen molar-refractivity contribution < 1.29 is 9.52 Å². The topological polar surface area (TPSA) is 120 Å². The number of para-hydroxylation sites is 2. The fraction of sp³-hybridized carbons (Fsp3) is 0.0435. The van der Waals surface area contributed by atoms with Gasteiger partial charge in [0.1, 0.15) is 0 Å². The molecule has 0 aliphatic carbocycles. The molecular weight excluding hydrogens is 392 g/mol. The summed E-state index contributed by atoms with van der Waals surface area (Å²) in [6, 6.07) is 19.6. The number of nitrogens with one attached hydrogen (secondary N) is 2. The number of nitrogens with zero attached hydrogens (tertiary/aromatic N) is 3. The van der Waals surface area contributed by atoms with Gasteiger partial charge >= 0.3 is 0 Å². The van der Waals surface area contributed by atoms with Gasteiger partial charge in [0.25, 0.3) is 5.91 Å². The van der Waals surface area contributed by atoms with Crippen LogP contribution in [-0.2, 0) is 6.54 Å². The first-order valence-electron chi connectivity index (χ1n) is 9.59. The predicted molar refractivity (Wildman–Crippen MR) is 119 cm³/mol. The number of nitrogen functional groups attached to an aromatic ring is 1. The molecule has 0 atom stereocenters. The summed E-state index contributed by atoms with van der Waals surface area (Å²) in [5.41, 5.74) is 9.80. The summed E-state index contributed by atoms with van der Waals surface area (Å²) >= 11 is 0. The molecule has 4 N–H and O–H groups in total. The average molecular weight is 412 g/mol. The number of nitrogens with two attached hydrogens (primary N) is 1. The number of benzene rings is 2. The van der Waals surface area contributed by atoms with Crippen molar-refractivity contribution in [2.45, 2.75) is 6.54 Å². The maximum absolute atomic E-state index is 12.4. The third-order valence-electron chi connectivity index (χ3n) is 4.60. The number of aromatic nitrogens is 3. The van der Waals surface area contributed by atoms with Crippen molar-refractivity contribution >= 4 is 23.2 Å². The summed E-state index contributed by atoms with van der Waals surface area (Å²) in [5.74, 6) is 0.215. The van der Waals surface area contributed by atoms with Gasteiger partial charge in [-0.3, -0.25) is 4.79 Å². The van der Waals surface area contributed by atoms with Crippen molar-refractivity contribution in [3.05, 3.63) is 102 Å². The zero-order valence-corrected chi connectivity index (χ0v) is 16.5. The molecule has 0 aliphatic rings. The molecule has 2 aromatic heterocycles. The summed E-state index contributed by atoms with van der Waals surface area (Å²) in [5, 5.41) is 17.4. The molecule has 2 heterocycles. The molecule has 8 heteroatoms. The Morgan fingerprint density at radius 3 is 2.61 bits per heavy atom. The molecule has 0 saturated heterocycles. The van der Waals surface area contributed by atoms with Crippen LogP contribution >= 0.6 is 0 Å². The largest absolute Gasteiger partial charge is 0.619 e. The van der Waals surface area contributed by atoms with E-state index in [-0.39, 0.29) is 5.91 Å². The van der Waals surface area contributed by atoms with E-state index in [1.807, 2.05) is 30.3 Å². The number of carbonyl (C=O) groups excluding carboxylic acids is 1. The van der Waals surface area contributed by atoms with Gasteiger partial charge < -0.3 is 21.6 Å². The highest BCUT2D eigenvalue weighted by Crippen LogP contribution is 2.18. The molecule has 4 rings (SSSR count). The molecule has 0 fully saturated rings. The van der Waals surface area contributed by atoms with E-state index in [0.717, 1.165) is 10.3 Å². The average Bonchev–Trinajstić information content (AvgIpc) is 2.80. The first kappa shape index (κ1) is 19.8. The van der Waals surface area contributed by atoms with Gasteiger partial charge in [0.2, 0.25) is 5.95 Å². The van der Waals surface area contributed by atoms with Gasteiger partial charge in [-0.05, 0) is 42.0 Å². The number of anilines is 3. The maximum Gasteiger partial charge on any atom is 0.255 e. The van der Waals surface area contributed by atoms with Crippen molar-refractivity contribution in [2.75, 3.05) is 16.4 Å². The molecule has 4 aromatic rings. The lowest BCUT2D eigenvalue weighted by atomic mass is 10.1. The Hall–Kier alpha value is -4.46. The SMILES string of the molecule is Nc1ccccc1NC(=O)c1ccc(CNc2nccc(-c3ccc[n+]([O-])c3)n2)cc1. The van der Waals surface area contributed by atoms with Crippen LogP contribution in [0.3, 0.4) is 0 Å². The van der Waals surface area contributed by atoms with Crippen LogP contribution in [0.5, 0.6) is 0 Å². The fourth-order valence-corrected chi connectivity index (χ4v) is 2.97. The van der Waals surface area contributed by atoms with Gasteiger partial charge in [0, 0.05) is 24.4 Å². The minimum absolute atomic E-state index is 0.230. The molecule has 0 spiro atoms. The van der Waals surface area contributed by atoms with Crippen LogP contribution in [0.2, 0.25) is 0 Å². The number of pyridine rings is 1. The molecule has 0 bridgehead atoms. The monoisotopic (exact) mass is 412 g/mol. The second-order valence-corrected chi connectivity index (χ2v) is 6.81. The molecule has 31 heavy (non-hydrogen) atoms. The molecule has 0 saturated carbocycles. The molecule has 0 radical (unpaired) electrons. The Labute approximate surface area is 179 Å². The number of rotatable bonds is 6. The quantitative estimate of drug-likeness (QED) is 0.254. The van der Waals surface area contributed by atoms with E-state index in [1.165, 1.54) is 12.4 Å². The molecule has 8 nitrogen and oxygen atoms in total. The van der Waals surface area contributed by atoms with Gasteiger partial charge in [-0.15, -0.1) is 0 Å². The van der Waals surface area contributed by atoms with Crippen molar-refractivity contribution in [1.29, 1.82) is 0 Å². The molecule has 154 valence electrons. The predicted octanol–water partition coefficient (Wildman–Crippen LogP) is 3.22. The third kappa shape index (κ3) is 4.94. The van der Waals surface area contributed by atoms with Crippen molar-refractivity contribution in [1.82, 2.24) is 9.97 Å². The summed E-state index contributed by atoms with van der Waals surface area (Å²) in [7, 11) is 0. The lowest BCUT2D eigenvalue weighted by Crippen LogP contribution is -2.24. The smallest absolute Gasteiger partial charge is 0.255 e. The lowest BCUT2D eigenvalue weighted by molar-refractivity contribution is -0.604. The minimum Gasteiger partial charge on any atom is -0.619 e. The second kappa shape index (κ2) is 8.91. The molecule has 0 aliphatic heterocycles. The van der Waals surface area contributed by atoms with Crippen LogP contribution < -0.4 is 21.1 Å². The van der Waals surface area contributed by atoms with Gasteiger partial charge in [0.15, 0.2) is 12.4 Å². The Kier molecular flexibility index (Phi) is 5.70. The highest BCUT2D eigenvalue weighted by molar-refractivity contribution is 6.05. The van der Waals surface area contributed by atoms with Crippen molar-refractivity contribution in [2.24, 2.45) is 0 Å². The van der Waals surface area contributed by atoms with Crippen LogP contribution in [0.15, 0.2) is 85.3 Å². The van der Waals surface area contributed by atoms with Gasteiger partial charge in [-0.25, -0.2) is 9.97 Å². The zero-order valence-electron chi connectivity index (χ0n) is 16.5. The third-order valence-corrected chi connectivity index (χ3v) is 4.60. The summed E-state index contributed by atoms with van der Waals surface area (Å²) < 4.78 is 0.731. The van der Waals surface area contributed by atoms with Gasteiger partial charge in [0.05, 0.1) is 22.6 Å². The Balaban J connectivity index is 1.39. The number of carbonyl (C=O) groups is 1. The van der Waals surface area contributed by atoms with Crippen LogP contribution in [0.1, 0.15) is 15.9 Å². The van der Waals surface area contributed by atoms with Crippen LogP contribution in [0.4, 0.5) is 17.3 Å². The van der Waals surface area contributed by atoms with Crippen LogP contribution in [-0.4, -0.2) is 15.9 Å². The maximum atomic E-state index is 12.4. The van der Waals surface area contributed by atoms with Crippen molar-refractivity contribution in [3.8, 4) is 11.3 Å². The van der Waals surface area contributed by atoms with E-state index >= 15 is 0 Å². The minimum atomic E-state index is -0.230. The van der Waals surface area contributed by atoms with E-state index in [4.69, 9.17) is 5.73 Å². The summed E-state index contributed by atoms with van der Waals surface area (Å²) in [4.78, 5) is 21.1. The van der Waals surface area contributed by atoms with E-state index in [0.29, 0.717) is 40.7 Å². The first-order valence-corrected chi connectivity index (χ1v) is 9.59. The van der Waals surface area contributed by atoms with Gasteiger partial charge in [-0.1, -0.05) is 24.3 Å². The molecule has 1 amide bonds. The van der Waals surface area contributed by atoms with Gasteiger partial charge in [-0.2, -0.15) is 4.73 Å². The summed E-state index contributed by atoms with van der Waals surface area (Å²) in [6.45, 7) is 0.479. The fourth-order valence-electron chi connectivity index (χ4n) is 2.97. The van der Waals surface area contributed by atoms with E-state index in [1.54, 1.807) is 42.6 Å². The number of amides is 1. The Bertz CT molecular complexity index is 1210. The Morgan fingerprint density at radius 2 is 1.84 bits per heavy atom. The number of hydrogen-bond acceptors (Lipinski definition) is 6. The molecular formula is C23H20N6O2. The summed E-state index contributed by atoms with van der Waals surface area (Å²) in [6.07, 6.45) is 4.51. The molecule has 0 unspecified atom stereocenters. The van der Waals surface area contributed by atoms with Crippen molar-refractivity contribution in [3.63, 3.8) is 0 Å². The highest BCUT2D eigenvalue weighted by atomic mass is 16.5. The first-order chi connectivity index (χ1) is 15.1. The lowest BCUT2D eigenvalue weighted by Gasteiger charge is -2.09. The normalized spacial score (nSPS) is 10.5. The van der Waals surface area contributed by atoms with Crippen LogP contribution in [0, 0.1) is 5.21 Å². The molecule has 2 aromatic carbocycles. The Morgan fingerprint density at radius 1 is 1.03 bits per heavy atom. The van der Waals surface area contributed by atoms with E-state index < -0.39 is 0 Å². The highest BCUT2D eigenvalue weighted by Gasteiger charge is 2.09. The second-order valence-electron chi connectivity index (χ2n) is 6.81. The zero-order chi connectivity index (χ0) is 21.6. The van der Waals surface area contributed by atoms with E-state index in [9.17, 15) is 10.0 Å². The number of hydrogen-bond donors (Lipinski definition) is 3. The van der Waals surface area contributed by atoms with Crippen LogP contribution in [0.25, 0.3) is 11.3 Å².